The summed E-state index contributed by atoms with van der Waals surface area (Å²) in [6.07, 6.45) is -3.39. The molecule has 1 saturated carbocycles. The van der Waals surface area contributed by atoms with E-state index in [1.54, 1.807) is 30.3 Å². The third-order valence-corrected chi connectivity index (χ3v) is 11.5. The molecule has 2 heterocycles. The molecule has 9 nitrogen and oxygen atoms in total. The number of hydrogen-bond donors (Lipinski definition) is 2. The van der Waals surface area contributed by atoms with Gasteiger partial charge in [0.15, 0.2) is 0 Å². The van der Waals surface area contributed by atoms with Crippen molar-refractivity contribution in [2.45, 2.75) is 32.0 Å². The van der Waals surface area contributed by atoms with E-state index in [1.807, 2.05) is 30.3 Å². The number of carbonyl (C=O) groups is 4. The highest BCUT2D eigenvalue weighted by Gasteiger charge is 2.68. The predicted molar refractivity (Wildman–Crippen MR) is 189 cm³/mol. The summed E-state index contributed by atoms with van der Waals surface area (Å²) in [6.45, 7) is 1.49. The second kappa shape index (κ2) is 12.7. The van der Waals surface area contributed by atoms with Crippen LogP contribution in [0.1, 0.15) is 31.2 Å². The first-order valence-corrected chi connectivity index (χ1v) is 17.5. The average molecular weight is 760 g/mol. The van der Waals surface area contributed by atoms with Crippen LogP contribution in [0.15, 0.2) is 103 Å². The van der Waals surface area contributed by atoms with Crippen molar-refractivity contribution in [3.05, 3.63) is 119 Å². The van der Waals surface area contributed by atoms with Crippen LogP contribution in [0.25, 0.3) is 0 Å². The Bertz CT molecular complexity index is 2270. The first-order chi connectivity index (χ1) is 25.7. The number of imide groups is 2. The van der Waals surface area contributed by atoms with Crippen molar-refractivity contribution in [3.8, 4) is 11.5 Å². The van der Waals surface area contributed by atoms with Crippen LogP contribution in [-0.4, -0.2) is 35.1 Å². The van der Waals surface area contributed by atoms with Gasteiger partial charge in [0.2, 0.25) is 23.6 Å². The molecular formula is C40H30ClF4N3O6. The lowest BCUT2D eigenvalue weighted by Crippen LogP contribution is -2.49. The van der Waals surface area contributed by atoms with Crippen molar-refractivity contribution in [1.29, 1.82) is 0 Å². The maximum atomic E-state index is 14.6. The summed E-state index contributed by atoms with van der Waals surface area (Å²) < 4.78 is 58.5. The third-order valence-electron chi connectivity index (χ3n) is 11.2. The largest absolute Gasteiger partial charge is 0.573 e. The van der Waals surface area contributed by atoms with E-state index in [9.17, 15) is 41.8 Å². The number of halogens is 5. The molecule has 6 atom stereocenters. The van der Waals surface area contributed by atoms with Crippen LogP contribution in [0.4, 0.5) is 40.3 Å². The van der Waals surface area contributed by atoms with Gasteiger partial charge in [-0.25, -0.2) is 9.29 Å². The number of ether oxygens (including phenoxy) is 1. The zero-order chi connectivity index (χ0) is 38.3. The molecule has 14 heteroatoms. The highest BCUT2D eigenvalue weighted by molar-refractivity contribution is 6.32. The number of phenolic OH excluding ortho intramolecular Hbond substituents is 1. The van der Waals surface area contributed by atoms with Crippen molar-refractivity contribution in [2.24, 2.45) is 29.1 Å². The van der Waals surface area contributed by atoms with E-state index in [2.05, 4.69) is 10.1 Å². The lowest BCUT2D eigenvalue weighted by molar-refractivity contribution is -0.274. The van der Waals surface area contributed by atoms with E-state index < -0.39 is 82.3 Å². The number of nitrogens with one attached hydrogen (secondary N) is 1. The zero-order valence-corrected chi connectivity index (χ0v) is 29.1. The Morgan fingerprint density at radius 1 is 0.833 bits per heavy atom. The molecule has 2 saturated heterocycles. The topological polar surface area (TPSA) is 116 Å². The summed E-state index contributed by atoms with van der Waals surface area (Å²) in [5, 5.41) is 14.1. The number of para-hydroxylation sites is 1. The van der Waals surface area contributed by atoms with Gasteiger partial charge in [-0.2, -0.15) is 0 Å². The molecule has 2 aliphatic carbocycles. The Labute approximate surface area is 310 Å². The minimum Gasteiger partial charge on any atom is -0.508 e. The Morgan fingerprint density at radius 3 is 2.20 bits per heavy atom. The number of rotatable bonds is 6. The van der Waals surface area contributed by atoms with E-state index >= 15 is 0 Å². The standard InChI is InChI=1S/C40H30ClF4N3O6/c1-39-29(36(51)48(38(39)53)23-11-15-31(42)30(41)17-23)19-27-25(34(39)28-18-24(12-16-32(28)49)54-40(43,44)45)13-14-26-33(27)37(52)47(35(26)50)22-9-7-21(8-10-22)46-20-5-3-2-4-6-20/h2-13,15-18,26-27,29,33-34,46,49H,14,19H2,1H3/t26-,27+,29-,33-,34+,39+/m0/s1. The highest BCUT2D eigenvalue weighted by Crippen LogP contribution is 2.64. The lowest BCUT2D eigenvalue weighted by atomic mass is 9.51. The van der Waals surface area contributed by atoms with Crippen molar-refractivity contribution in [3.63, 3.8) is 0 Å². The van der Waals surface area contributed by atoms with Gasteiger partial charge in [-0.1, -0.05) is 41.4 Å². The SMILES string of the molecule is C[C@@]12C(=O)N(c3ccc(F)c(Cl)c3)C(=O)[C@@H]1C[C@@H]1C(=CC[C@@H]3C(=O)N(c4ccc(Nc5ccccc5)cc4)C(=O)[C@@H]31)[C@@H]2c1cc(OC(F)(F)F)ccc1O. The number of benzene rings is 4. The average Bonchev–Trinajstić information content (AvgIpc) is 3.50. The van der Waals surface area contributed by atoms with E-state index in [-0.39, 0.29) is 29.1 Å². The molecule has 4 aromatic rings. The van der Waals surface area contributed by atoms with Gasteiger partial charge in [-0.3, -0.25) is 24.1 Å². The summed E-state index contributed by atoms with van der Waals surface area (Å²) in [5.41, 5.74) is 0.445. The number of anilines is 4. The fourth-order valence-corrected chi connectivity index (χ4v) is 9.00. The number of carbonyl (C=O) groups excluding carboxylic acids is 4. The van der Waals surface area contributed by atoms with Crippen molar-refractivity contribution in [1.82, 2.24) is 0 Å². The molecular weight excluding hydrogens is 730 g/mol. The molecule has 0 radical (unpaired) electrons. The van der Waals surface area contributed by atoms with Crippen LogP contribution >= 0.6 is 11.6 Å². The number of hydrogen-bond acceptors (Lipinski definition) is 7. The molecule has 4 aromatic carbocycles. The number of nitrogens with zero attached hydrogens (tertiary/aromatic N) is 2. The van der Waals surface area contributed by atoms with Crippen LogP contribution < -0.4 is 19.9 Å². The fraction of sp³-hybridized carbons (Fsp3) is 0.250. The third kappa shape index (κ3) is 5.60. The summed E-state index contributed by atoms with van der Waals surface area (Å²) in [6, 6.07) is 22.4. The quantitative estimate of drug-likeness (QED) is 0.116. The zero-order valence-electron chi connectivity index (χ0n) is 28.3. The summed E-state index contributed by atoms with van der Waals surface area (Å²) in [7, 11) is 0. The number of fused-ring (bicyclic) bond motifs is 4. The van der Waals surface area contributed by atoms with E-state index in [1.165, 1.54) is 13.0 Å². The second-order valence-electron chi connectivity index (χ2n) is 14.1. The van der Waals surface area contributed by atoms with Crippen LogP contribution in [-0.2, 0) is 19.2 Å². The van der Waals surface area contributed by atoms with Crippen molar-refractivity contribution >= 4 is 58.0 Å². The monoisotopic (exact) mass is 759 g/mol. The van der Waals surface area contributed by atoms with E-state index in [0.29, 0.717) is 16.9 Å². The number of aromatic hydroxyl groups is 1. The van der Waals surface area contributed by atoms with Gasteiger partial charge in [0.05, 0.1) is 39.6 Å². The smallest absolute Gasteiger partial charge is 0.508 e. The lowest BCUT2D eigenvalue weighted by Gasteiger charge is -2.49. The Hall–Kier alpha value is -5.69. The van der Waals surface area contributed by atoms with Gasteiger partial charge in [-0.05, 0) is 98.5 Å². The van der Waals surface area contributed by atoms with Crippen LogP contribution in [0.3, 0.4) is 0 Å². The Balaban J connectivity index is 1.20. The summed E-state index contributed by atoms with van der Waals surface area (Å²) >= 11 is 6.04. The molecule has 276 valence electrons. The van der Waals surface area contributed by atoms with Gasteiger partial charge in [-0.15, -0.1) is 13.2 Å². The molecule has 4 amide bonds. The van der Waals surface area contributed by atoms with Crippen LogP contribution in [0.5, 0.6) is 11.5 Å². The minimum atomic E-state index is -5.08. The Kier molecular flexibility index (Phi) is 8.33. The second-order valence-corrected chi connectivity index (χ2v) is 14.5. The first-order valence-electron chi connectivity index (χ1n) is 17.1. The molecule has 0 spiro atoms. The van der Waals surface area contributed by atoms with Gasteiger partial charge >= 0.3 is 6.36 Å². The van der Waals surface area contributed by atoms with Crippen LogP contribution in [0.2, 0.25) is 5.02 Å². The van der Waals surface area contributed by atoms with E-state index in [0.717, 1.165) is 45.8 Å². The molecule has 0 unspecified atom stereocenters. The molecule has 4 aliphatic rings. The molecule has 2 N–H and O–H groups in total. The van der Waals surface area contributed by atoms with Gasteiger partial charge in [0.25, 0.3) is 0 Å². The van der Waals surface area contributed by atoms with Gasteiger partial charge < -0.3 is 15.2 Å². The highest BCUT2D eigenvalue weighted by atomic mass is 35.5. The molecule has 54 heavy (non-hydrogen) atoms. The fourth-order valence-electron chi connectivity index (χ4n) is 8.83. The summed E-state index contributed by atoms with van der Waals surface area (Å²) in [5.74, 6) is -9.41. The Morgan fingerprint density at radius 2 is 1.52 bits per heavy atom. The van der Waals surface area contributed by atoms with Crippen molar-refractivity contribution in [2.75, 3.05) is 15.1 Å². The van der Waals surface area contributed by atoms with E-state index in [4.69, 9.17) is 11.6 Å². The number of alkyl halides is 3. The number of amides is 4. The predicted octanol–water partition coefficient (Wildman–Crippen LogP) is 8.26. The number of allylic oxidation sites excluding steroid dienone is 2. The first kappa shape index (κ1) is 35.3. The summed E-state index contributed by atoms with van der Waals surface area (Å²) in [4.78, 5) is 59.4. The van der Waals surface area contributed by atoms with Crippen LogP contribution in [0, 0.1) is 34.9 Å². The normalized spacial score (nSPS) is 26.3. The minimum absolute atomic E-state index is 0.0255. The number of phenols is 1. The maximum Gasteiger partial charge on any atom is 0.573 e. The molecule has 8 rings (SSSR count). The molecule has 0 bridgehead atoms. The molecule has 3 fully saturated rings. The maximum absolute atomic E-state index is 14.6. The van der Waals surface area contributed by atoms with Gasteiger partial charge in [0, 0.05) is 22.9 Å². The van der Waals surface area contributed by atoms with Gasteiger partial charge in [0.1, 0.15) is 17.3 Å². The molecule has 0 aromatic heterocycles. The van der Waals surface area contributed by atoms with Crippen molar-refractivity contribution < 1.29 is 46.6 Å². The molecule has 2 aliphatic heterocycles.